The largest absolute Gasteiger partial charge is 0.465 e. The van der Waals surface area contributed by atoms with Crippen molar-refractivity contribution in [2.75, 3.05) is 7.11 Å². The normalized spacial score (nSPS) is 30.9. The Hall–Kier alpha value is -1.68. The number of carbonyl (C=O) groups is 2. The van der Waals surface area contributed by atoms with Gasteiger partial charge in [-0.15, -0.1) is 0 Å². The average Bonchev–Trinajstić information content (AvgIpc) is 2.76. The van der Waals surface area contributed by atoms with E-state index in [1.54, 1.807) is 12.1 Å². The van der Waals surface area contributed by atoms with Crippen LogP contribution in [0.15, 0.2) is 18.2 Å². The number of ether oxygens (including phenoxy) is 1. The molecule has 0 radical (unpaired) electrons. The first-order chi connectivity index (χ1) is 12.4. The minimum Gasteiger partial charge on any atom is -0.465 e. The summed E-state index contributed by atoms with van der Waals surface area (Å²) in [6, 6.07) is 5.46. The van der Waals surface area contributed by atoms with E-state index in [0.29, 0.717) is 23.5 Å². The number of ketones is 1. The smallest absolute Gasteiger partial charge is 0.337 e. The Bertz CT molecular complexity index is 710. The second-order valence-electron chi connectivity index (χ2n) is 8.10. The monoisotopic (exact) mass is 358 g/mol. The van der Waals surface area contributed by atoms with Gasteiger partial charge in [0.1, 0.15) is 0 Å². The van der Waals surface area contributed by atoms with Crippen LogP contribution in [0.3, 0.4) is 0 Å². The molecule has 26 heavy (non-hydrogen) atoms. The van der Waals surface area contributed by atoms with E-state index in [-0.39, 0.29) is 11.2 Å². The van der Waals surface area contributed by atoms with Gasteiger partial charge in [0.05, 0.1) is 18.3 Å². The SMILES string of the molecule is CCCC1(O)CCC2(CC)c3ccc(C(=O)OC)cc3C(=O)CCC2C1. The summed E-state index contributed by atoms with van der Waals surface area (Å²) in [5, 5.41) is 11.0. The van der Waals surface area contributed by atoms with Gasteiger partial charge in [-0.25, -0.2) is 4.79 Å². The Morgan fingerprint density at radius 1 is 1.31 bits per heavy atom. The number of benzene rings is 1. The number of fused-ring (bicyclic) bond motifs is 3. The topological polar surface area (TPSA) is 63.6 Å². The summed E-state index contributed by atoms with van der Waals surface area (Å²) in [5.74, 6) is -0.00750. The highest BCUT2D eigenvalue weighted by Gasteiger charge is 2.50. The van der Waals surface area contributed by atoms with Crippen molar-refractivity contribution in [3.63, 3.8) is 0 Å². The molecule has 2 aliphatic carbocycles. The van der Waals surface area contributed by atoms with Crippen LogP contribution in [-0.4, -0.2) is 29.6 Å². The molecular weight excluding hydrogens is 328 g/mol. The molecule has 4 nitrogen and oxygen atoms in total. The summed E-state index contributed by atoms with van der Waals surface area (Å²) >= 11 is 0. The van der Waals surface area contributed by atoms with Gasteiger partial charge >= 0.3 is 5.97 Å². The predicted octanol–water partition coefficient (Wildman–Crippen LogP) is 4.43. The molecule has 0 aliphatic heterocycles. The number of aliphatic hydroxyl groups is 1. The maximum Gasteiger partial charge on any atom is 0.337 e. The molecule has 1 aromatic carbocycles. The average molecular weight is 358 g/mol. The van der Waals surface area contributed by atoms with Gasteiger partial charge in [0.2, 0.25) is 0 Å². The number of hydrogen-bond acceptors (Lipinski definition) is 4. The number of Topliss-reactive ketones (excluding diaryl/α,β-unsaturated/α-hetero) is 1. The van der Waals surface area contributed by atoms with Crippen LogP contribution in [0.4, 0.5) is 0 Å². The third-order valence-corrected chi connectivity index (χ3v) is 6.79. The van der Waals surface area contributed by atoms with Crippen molar-refractivity contribution in [1.82, 2.24) is 0 Å². The van der Waals surface area contributed by atoms with Crippen LogP contribution in [0.25, 0.3) is 0 Å². The Morgan fingerprint density at radius 2 is 2.08 bits per heavy atom. The molecule has 0 saturated heterocycles. The molecule has 0 amide bonds. The van der Waals surface area contributed by atoms with Crippen LogP contribution in [0.1, 0.15) is 91.5 Å². The molecule has 1 N–H and O–H groups in total. The van der Waals surface area contributed by atoms with E-state index in [1.165, 1.54) is 7.11 Å². The highest BCUT2D eigenvalue weighted by atomic mass is 16.5. The summed E-state index contributed by atoms with van der Waals surface area (Å²) in [7, 11) is 1.36. The molecule has 1 saturated carbocycles. The molecule has 1 aromatic rings. The molecule has 3 unspecified atom stereocenters. The van der Waals surface area contributed by atoms with E-state index < -0.39 is 11.6 Å². The minimum absolute atomic E-state index is 0.0872. The van der Waals surface area contributed by atoms with Gasteiger partial charge in [0.15, 0.2) is 5.78 Å². The zero-order chi connectivity index (χ0) is 18.9. The standard InChI is InChI=1S/C22H30O4/c1-4-10-21(25)11-12-22(5-2)16(14-21)7-9-19(23)17-13-15(20(24)26-3)6-8-18(17)22/h6,8,13,16,25H,4-5,7,9-12,14H2,1-3H3. The third kappa shape index (κ3) is 3.09. The molecule has 1 fully saturated rings. The van der Waals surface area contributed by atoms with Crippen LogP contribution in [-0.2, 0) is 10.2 Å². The van der Waals surface area contributed by atoms with E-state index in [0.717, 1.165) is 50.5 Å². The molecule has 4 heteroatoms. The van der Waals surface area contributed by atoms with E-state index in [1.807, 2.05) is 6.07 Å². The second kappa shape index (κ2) is 7.15. The van der Waals surface area contributed by atoms with E-state index >= 15 is 0 Å². The number of hydrogen-bond donors (Lipinski definition) is 1. The first kappa shape index (κ1) is 19.1. The van der Waals surface area contributed by atoms with Gasteiger partial charge in [0.25, 0.3) is 0 Å². The number of esters is 1. The van der Waals surface area contributed by atoms with Crippen LogP contribution < -0.4 is 0 Å². The lowest BCUT2D eigenvalue weighted by atomic mass is 9.56. The van der Waals surface area contributed by atoms with Crippen LogP contribution in [0.2, 0.25) is 0 Å². The molecule has 2 aliphatic rings. The first-order valence-corrected chi connectivity index (χ1v) is 9.87. The van der Waals surface area contributed by atoms with Crippen molar-refractivity contribution in [3.8, 4) is 0 Å². The number of methoxy groups -OCH3 is 1. The maximum atomic E-state index is 12.8. The predicted molar refractivity (Wildman–Crippen MR) is 101 cm³/mol. The highest BCUT2D eigenvalue weighted by molar-refractivity contribution is 6.01. The van der Waals surface area contributed by atoms with Gasteiger partial charge in [-0.3, -0.25) is 4.79 Å². The molecule has 3 rings (SSSR count). The van der Waals surface area contributed by atoms with Gasteiger partial charge < -0.3 is 9.84 Å². The molecule has 142 valence electrons. The van der Waals surface area contributed by atoms with Crippen molar-refractivity contribution >= 4 is 11.8 Å². The fraction of sp³-hybridized carbons (Fsp3) is 0.636. The number of rotatable bonds is 4. The third-order valence-electron chi connectivity index (χ3n) is 6.79. The van der Waals surface area contributed by atoms with Crippen LogP contribution in [0.5, 0.6) is 0 Å². The lowest BCUT2D eigenvalue weighted by Crippen LogP contribution is -2.47. The maximum absolute atomic E-state index is 12.8. The summed E-state index contributed by atoms with van der Waals surface area (Å²) in [6.45, 7) is 4.30. The molecular formula is C22H30O4. The summed E-state index contributed by atoms with van der Waals surface area (Å²) < 4.78 is 4.82. The van der Waals surface area contributed by atoms with Gasteiger partial charge in [-0.05, 0) is 67.6 Å². The summed E-state index contributed by atoms with van der Waals surface area (Å²) in [6.07, 6.45) is 6.46. The highest BCUT2D eigenvalue weighted by Crippen LogP contribution is 2.54. The quantitative estimate of drug-likeness (QED) is 0.809. The van der Waals surface area contributed by atoms with Gasteiger partial charge in [-0.2, -0.15) is 0 Å². The zero-order valence-corrected chi connectivity index (χ0v) is 16.1. The lowest BCUT2D eigenvalue weighted by molar-refractivity contribution is -0.0541. The van der Waals surface area contributed by atoms with Crippen molar-refractivity contribution in [2.45, 2.75) is 76.2 Å². The van der Waals surface area contributed by atoms with Crippen molar-refractivity contribution < 1.29 is 19.4 Å². The van der Waals surface area contributed by atoms with Crippen LogP contribution in [0, 0.1) is 5.92 Å². The second-order valence-corrected chi connectivity index (χ2v) is 8.10. The molecule has 0 heterocycles. The van der Waals surface area contributed by atoms with Crippen molar-refractivity contribution in [1.29, 1.82) is 0 Å². The fourth-order valence-corrected chi connectivity index (χ4v) is 5.39. The Balaban J connectivity index is 2.07. The Labute approximate surface area is 155 Å². The zero-order valence-electron chi connectivity index (χ0n) is 16.1. The number of carbonyl (C=O) groups excluding carboxylic acids is 2. The Kier molecular flexibility index (Phi) is 5.25. The molecule has 0 aromatic heterocycles. The lowest BCUT2D eigenvalue weighted by Gasteiger charge is -2.50. The molecule has 3 atom stereocenters. The van der Waals surface area contributed by atoms with Crippen molar-refractivity contribution in [3.05, 3.63) is 34.9 Å². The summed E-state index contributed by atoms with van der Waals surface area (Å²) in [5.41, 5.74) is 1.49. The van der Waals surface area contributed by atoms with Gasteiger partial charge in [-0.1, -0.05) is 26.3 Å². The molecule has 0 spiro atoms. The van der Waals surface area contributed by atoms with E-state index in [2.05, 4.69) is 13.8 Å². The van der Waals surface area contributed by atoms with Crippen molar-refractivity contribution in [2.24, 2.45) is 5.92 Å². The van der Waals surface area contributed by atoms with E-state index in [4.69, 9.17) is 4.74 Å². The van der Waals surface area contributed by atoms with Gasteiger partial charge in [0, 0.05) is 12.0 Å². The summed E-state index contributed by atoms with van der Waals surface area (Å²) in [4.78, 5) is 24.8. The van der Waals surface area contributed by atoms with Crippen LogP contribution >= 0.6 is 0 Å². The Morgan fingerprint density at radius 3 is 2.73 bits per heavy atom. The minimum atomic E-state index is -0.600. The van der Waals surface area contributed by atoms with E-state index in [9.17, 15) is 14.7 Å². The fourth-order valence-electron chi connectivity index (χ4n) is 5.39. The first-order valence-electron chi connectivity index (χ1n) is 9.87. The molecule has 0 bridgehead atoms.